The van der Waals surface area contributed by atoms with E-state index in [0.717, 1.165) is 17.7 Å². The normalized spacial score (nSPS) is 15.0. The highest BCUT2D eigenvalue weighted by Gasteiger charge is 2.21. The van der Waals surface area contributed by atoms with Crippen molar-refractivity contribution in [3.63, 3.8) is 0 Å². The molecule has 0 radical (unpaired) electrons. The second kappa shape index (κ2) is 7.80. The molecule has 1 aromatic carbocycles. The Morgan fingerprint density at radius 2 is 1.81 bits per heavy atom. The Balaban J connectivity index is 2.81. The first kappa shape index (κ1) is 18.0. The Labute approximate surface area is 128 Å². The van der Waals surface area contributed by atoms with Gasteiger partial charge in [-0.15, -0.1) is 0 Å². The number of primary sulfonamides is 1. The Morgan fingerprint density at radius 3 is 2.33 bits per heavy atom. The van der Waals surface area contributed by atoms with Crippen LogP contribution in [0.5, 0.6) is 5.75 Å². The Bertz CT molecular complexity index is 540. The Hall–Kier alpha value is -1.07. The van der Waals surface area contributed by atoms with Crippen molar-refractivity contribution in [1.29, 1.82) is 0 Å². The number of nitrogens with two attached hydrogens (primary N) is 1. The molecular formula is C16H27NO3S. The van der Waals surface area contributed by atoms with E-state index in [1.165, 1.54) is 0 Å². The van der Waals surface area contributed by atoms with Gasteiger partial charge in [0.2, 0.25) is 10.0 Å². The van der Waals surface area contributed by atoms with Crippen LogP contribution in [-0.2, 0) is 10.0 Å². The molecule has 21 heavy (non-hydrogen) atoms. The van der Waals surface area contributed by atoms with E-state index in [4.69, 9.17) is 9.88 Å². The monoisotopic (exact) mass is 313 g/mol. The lowest BCUT2D eigenvalue weighted by atomic mass is 9.97. The smallest absolute Gasteiger partial charge is 0.209 e. The molecule has 0 bridgehead atoms. The van der Waals surface area contributed by atoms with Gasteiger partial charge in [-0.05, 0) is 29.9 Å². The minimum absolute atomic E-state index is 0.0455. The van der Waals surface area contributed by atoms with Crippen LogP contribution < -0.4 is 9.88 Å². The lowest BCUT2D eigenvalue weighted by molar-refractivity contribution is 0.222. The lowest BCUT2D eigenvalue weighted by Crippen LogP contribution is -2.30. The summed E-state index contributed by atoms with van der Waals surface area (Å²) in [5.74, 6) is 1.30. The zero-order chi connectivity index (χ0) is 16.0. The average molecular weight is 313 g/mol. The standard InChI is InChI=1S/C16H27NO3S/c1-5-13(4)15-8-6-7-9-16(15)20-10-14(12(2)3)11-21(17,18)19/h6-9,12-14H,5,10-11H2,1-4H3,(H2,17,18,19). The number of sulfonamides is 1. The molecule has 2 atom stereocenters. The van der Waals surface area contributed by atoms with E-state index in [2.05, 4.69) is 19.9 Å². The molecule has 2 unspecified atom stereocenters. The van der Waals surface area contributed by atoms with Crippen molar-refractivity contribution in [2.24, 2.45) is 17.0 Å². The Morgan fingerprint density at radius 1 is 1.19 bits per heavy atom. The van der Waals surface area contributed by atoms with Gasteiger partial charge < -0.3 is 4.74 Å². The van der Waals surface area contributed by atoms with Crippen molar-refractivity contribution >= 4 is 10.0 Å². The number of hydrogen-bond acceptors (Lipinski definition) is 3. The highest BCUT2D eigenvalue weighted by Crippen LogP contribution is 2.29. The van der Waals surface area contributed by atoms with Crippen LogP contribution in [0.4, 0.5) is 0 Å². The highest BCUT2D eigenvalue weighted by molar-refractivity contribution is 7.89. The van der Waals surface area contributed by atoms with Gasteiger partial charge in [-0.25, -0.2) is 13.6 Å². The molecule has 5 heteroatoms. The summed E-state index contributed by atoms with van der Waals surface area (Å²) in [6, 6.07) is 7.94. The molecule has 120 valence electrons. The van der Waals surface area contributed by atoms with E-state index in [1.807, 2.05) is 32.0 Å². The largest absolute Gasteiger partial charge is 0.493 e. The Kier molecular flexibility index (Phi) is 6.68. The molecule has 0 aliphatic heterocycles. The first-order valence-corrected chi connectivity index (χ1v) is 9.18. The molecule has 0 amide bonds. The van der Waals surface area contributed by atoms with Gasteiger partial charge in [0, 0.05) is 5.92 Å². The van der Waals surface area contributed by atoms with Crippen molar-refractivity contribution in [2.45, 2.75) is 40.0 Å². The van der Waals surface area contributed by atoms with Crippen LogP contribution in [0.25, 0.3) is 0 Å². The third-order valence-electron chi connectivity index (χ3n) is 3.90. The summed E-state index contributed by atoms with van der Waals surface area (Å²) in [6.45, 7) is 8.63. The quantitative estimate of drug-likeness (QED) is 0.801. The van der Waals surface area contributed by atoms with Crippen molar-refractivity contribution in [2.75, 3.05) is 12.4 Å². The predicted octanol–water partition coefficient (Wildman–Crippen LogP) is 3.14. The molecule has 1 rings (SSSR count). The van der Waals surface area contributed by atoms with Gasteiger partial charge in [0.15, 0.2) is 0 Å². The molecule has 4 nitrogen and oxygen atoms in total. The van der Waals surface area contributed by atoms with E-state index >= 15 is 0 Å². The summed E-state index contributed by atoms with van der Waals surface area (Å²) in [5.41, 5.74) is 1.16. The minimum atomic E-state index is -3.48. The molecule has 1 aromatic rings. The first-order chi connectivity index (χ1) is 9.74. The fourth-order valence-corrected chi connectivity index (χ4v) is 3.25. The zero-order valence-corrected chi connectivity index (χ0v) is 14.2. The van der Waals surface area contributed by atoms with Crippen LogP contribution in [0.2, 0.25) is 0 Å². The molecular weight excluding hydrogens is 286 g/mol. The molecule has 0 saturated heterocycles. The maximum atomic E-state index is 11.3. The summed E-state index contributed by atoms with van der Waals surface area (Å²) in [6.07, 6.45) is 1.03. The number of hydrogen-bond donors (Lipinski definition) is 1. The van der Waals surface area contributed by atoms with E-state index in [1.54, 1.807) is 0 Å². The van der Waals surface area contributed by atoms with Crippen LogP contribution >= 0.6 is 0 Å². The number of rotatable bonds is 8. The maximum Gasteiger partial charge on any atom is 0.209 e. The topological polar surface area (TPSA) is 69.4 Å². The third kappa shape index (κ3) is 6.06. The second-order valence-corrected chi connectivity index (χ2v) is 7.65. The van der Waals surface area contributed by atoms with Gasteiger partial charge in [0.1, 0.15) is 5.75 Å². The van der Waals surface area contributed by atoms with Gasteiger partial charge in [-0.3, -0.25) is 0 Å². The number of para-hydroxylation sites is 1. The zero-order valence-electron chi connectivity index (χ0n) is 13.4. The summed E-state index contributed by atoms with van der Waals surface area (Å²) in [7, 11) is -3.48. The van der Waals surface area contributed by atoms with Crippen molar-refractivity contribution in [3.8, 4) is 5.75 Å². The summed E-state index contributed by atoms with van der Waals surface area (Å²) in [4.78, 5) is 0. The average Bonchev–Trinajstić information content (AvgIpc) is 2.41. The molecule has 2 N–H and O–H groups in total. The van der Waals surface area contributed by atoms with E-state index < -0.39 is 10.0 Å². The van der Waals surface area contributed by atoms with Gasteiger partial charge in [0.25, 0.3) is 0 Å². The van der Waals surface area contributed by atoms with Crippen molar-refractivity contribution < 1.29 is 13.2 Å². The molecule has 0 spiro atoms. The summed E-state index contributed by atoms with van der Waals surface area (Å²) < 4.78 is 28.5. The maximum absolute atomic E-state index is 11.3. The van der Waals surface area contributed by atoms with Crippen LogP contribution in [0.3, 0.4) is 0 Å². The molecule has 0 fully saturated rings. The minimum Gasteiger partial charge on any atom is -0.493 e. The summed E-state index contributed by atoms with van der Waals surface area (Å²) in [5, 5.41) is 5.16. The van der Waals surface area contributed by atoms with E-state index in [-0.39, 0.29) is 17.6 Å². The van der Waals surface area contributed by atoms with Crippen LogP contribution in [0.1, 0.15) is 45.6 Å². The highest BCUT2D eigenvalue weighted by atomic mass is 32.2. The van der Waals surface area contributed by atoms with Crippen LogP contribution in [0.15, 0.2) is 24.3 Å². The molecule has 0 aliphatic rings. The first-order valence-electron chi connectivity index (χ1n) is 7.46. The van der Waals surface area contributed by atoms with E-state index in [0.29, 0.717) is 12.5 Å². The van der Waals surface area contributed by atoms with Gasteiger partial charge in [0.05, 0.1) is 12.4 Å². The third-order valence-corrected chi connectivity index (χ3v) is 4.80. The van der Waals surface area contributed by atoms with Crippen molar-refractivity contribution in [1.82, 2.24) is 0 Å². The predicted molar refractivity (Wildman–Crippen MR) is 86.9 cm³/mol. The van der Waals surface area contributed by atoms with Gasteiger partial charge in [-0.1, -0.05) is 45.9 Å². The number of ether oxygens (including phenoxy) is 1. The fraction of sp³-hybridized carbons (Fsp3) is 0.625. The van der Waals surface area contributed by atoms with Crippen molar-refractivity contribution in [3.05, 3.63) is 29.8 Å². The fourth-order valence-electron chi connectivity index (χ4n) is 2.17. The van der Waals surface area contributed by atoms with Gasteiger partial charge in [-0.2, -0.15) is 0 Å². The van der Waals surface area contributed by atoms with Crippen LogP contribution in [-0.4, -0.2) is 20.8 Å². The van der Waals surface area contributed by atoms with Gasteiger partial charge >= 0.3 is 0 Å². The molecule has 0 heterocycles. The number of benzene rings is 1. The second-order valence-electron chi connectivity index (χ2n) is 5.99. The summed E-state index contributed by atoms with van der Waals surface area (Å²) >= 11 is 0. The molecule has 0 aromatic heterocycles. The van der Waals surface area contributed by atoms with Crippen LogP contribution in [0, 0.1) is 11.8 Å². The molecule has 0 aliphatic carbocycles. The lowest BCUT2D eigenvalue weighted by Gasteiger charge is -2.22. The van der Waals surface area contributed by atoms with E-state index in [9.17, 15) is 8.42 Å². The molecule has 0 saturated carbocycles. The SMILES string of the molecule is CCC(C)c1ccccc1OCC(CS(N)(=O)=O)C(C)C.